The van der Waals surface area contributed by atoms with Crippen LogP contribution in [0.15, 0.2) is 65.1 Å². The van der Waals surface area contributed by atoms with Gasteiger partial charge >= 0.3 is 0 Å². The summed E-state index contributed by atoms with van der Waals surface area (Å²) < 4.78 is 13.3. The summed E-state index contributed by atoms with van der Waals surface area (Å²) in [6, 6.07) is 15.8. The lowest BCUT2D eigenvalue weighted by molar-refractivity contribution is -0.119. The average molecular weight is 412 g/mol. The van der Waals surface area contributed by atoms with E-state index in [9.17, 15) is 9.18 Å². The number of fused-ring (bicyclic) bond motifs is 1. The molecule has 1 unspecified atom stereocenters. The van der Waals surface area contributed by atoms with E-state index in [0.29, 0.717) is 5.16 Å². The number of nitrogens with one attached hydrogen (secondary N) is 2. The van der Waals surface area contributed by atoms with Crippen molar-refractivity contribution in [3.05, 3.63) is 81.8 Å². The number of thioether (sulfide) groups is 1. The lowest BCUT2D eigenvalue weighted by Crippen LogP contribution is -2.30. The van der Waals surface area contributed by atoms with Gasteiger partial charge in [-0.15, -0.1) is 11.3 Å². The number of rotatable bonds is 6. The first-order valence-corrected chi connectivity index (χ1v) is 10.6. The van der Waals surface area contributed by atoms with Gasteiger partial charge in [0, 0.05) is 4.88 Å². The molecule has 0 spiro atoms. The molecule has 0 fully saturated rings. The van der Waals surface area contributed by atoms with Gasteiger partial charge in [-0.3, -0.25) is 4.79 Å². The average Bonchev–Trinajstić information content (AvgIpc) is 3.34. The fourth-order valence-corrected chi connectivity index (χ4v) is 4.43. The number of hydrogen-bond acceptors (Lipinski definition) is 4. The van der Waals surface area contributed by atoms with E-state index >= 15 is 0 Å². The first-order valence-electron chi connectivity index (χ1n) is 8.76. The number of thiophene rings is 1. The van der Waals surface area contributed by atoms with Gasteiger partial charge in [0.2, 0.25) is 5.91 Å². The third kappa shape index (κ3) is 4.26. The van der Waals surface area contributed by atoms with Crippen LogP contribution in [0.3, 0.4) is 0 Å². The van der Waals surface area contributed by atoms with Crippen LogP contribution < -0.4 is 5.32 Å². The monoisotopic (exact) mass is 411 g/mol. The Balaban J connectivity index is 1.46. The molecule has 4 nitrogen and oxygen atoms in total. The standard InChI is InChI=1S/C21H18FN3OS2/c1-13-4-9-16-17(11-13)24-21(23-16)28-12-19(26)25-20(18-3-2-10-27-18)14-5-7-15(22)8-6-14/h2-11,20H,12H2,1H3,(H,23,24)(H,25,26). The SMILES string of the molecule is Cc1ccc2nc(SCC(=O)NC(c3ccc(F)cc3)c3cccs3)[nH]c2c1. The van der Waals surface area contributed by atoms with Crippen LogP contribution in [0.5, 0.6) is 0 Å². The maximum atomic E-state index is 13.3. The molecule has 0 aliphatic heterocycles. The Hall–Kier alpha value is -2.64. The molecular formula is C21H18FN3OS2. The molecule has 4 aromatic rings. The highest BCUT2D eigenvalue weighted by molar-refractivity contribution is 7.99. The summed E-state index contributed by atoms with van der Waals surface area (Å²) in [7, 11) is 0. The van der Waals surface area contributed by atoms with Crippen LogP contribution in [-0.4, -0.2) is 21.6 Å². The molecule has 7 heteroatoms. The van der Waals surface area contributed by atoms with Crippen LogP contribution in [0.1, 0.15) is 22.0 Å². The van der Waals surface area contributed by atoms with E-state index in [1.54, 1.807) is 23.5 Å². The van der Waals surface area contributed by atoms with Gasteiger partial charge < -0.3 is 10.3 Å². The third-order valence-corrected chi connectivity index (χ3v) is 6.10. The predicted octanol–water partition coefficient (Wildman–Crippen LogP) is 5.07. The third-order valence-electron chi connectivity index (χ3n) is 4.29. The molecule has 0 saturated carbocycles. The smallest absolute Gasteiger partial charge is 0.231 e. The Bertz CT molecular complexity index is 1090. The number of carbonyl (C=O) groups excluding carboxylic acids is 1. The van der Waals surface area contributed by atoms with Gasteiger partial charge in [-0.2, -0.15) is 0 Å². The number of aromatic nitrogens is 2. The molecule has 4 rings (SSSR count). The molecule has 2 aromatic carbocycles. The number of carbonyl (C=O) groups is 1. The summed E-state index contributed by atoms with van der Waals surface area (Å²) in [5.74, 6) is -0.165. The van der Waals surface area contributed by atoms with Gasteiger partial charge in [0.05, 0.1) is 22.8 Å². The minimum Gasteiger partial charge on any atom is -0.344 e. The zero-order valence-corrected chi connectivity index (χ0v) is 16.7. The molecule has 0 aliphatic rings. The summed E-state index contributed by atoms with van der Waals surface area (Å²) in [5.41, 5.74) is 3.85. The van der Waals surface area contributed by atoms with E-state index in [1.165, 1.54) is 23.9 Å². The van der Waals surface area contributed by atoms with Gasteiger partial charge in [0.25, 0.3) is 0 Å². The molecule has 2 heterocycles. The molecule has 0 bridgehead atoms. The van der Waals surface area contributed by atoms with E-state index in [4.69, 9.17) is 0 Å². The minimum absolute atomic E-state index is 0.107. The van der Waals surface area contributed by atoms with Gasteiger partial charge in [-0.05, 0) is 53.8 Å². The highest BCUT2D eigenvalue weighted by atomic mass is 32.2. The van der Waals surface area contributed by atoms with E-state index in [2.05, 4.69) is 15.3 Å². The number of H-pyrrole nitrogens is 1. The van der Waals surface area contributed by atoms with Crippen molar-refractivity contribution in [2.75, 3.05) is 5.75 Å². The highest BCUT2D eigenvalue weighted by Gasteiger charge is 2.18. The van der Waals surface area contributed by atoms with E-state index in [0.717, 1.165) is 27.0 Å². The first kappa shape index (κ1) is 18.7. The number of aromatic amines is 1. The normalized spacial score (nSPS) is 12.2. The fourth-order valence-electron chi connectivity index (χ4n) is 2.93. The van der Waals surface area contributed by atoms with Gasteiger partial charge in [-0.1, -0.05) is 36.0 Å². The Kier molecular flexibility index (Phi) is 5.45. The Morgan fingerprint density at radius 1 is 1.25 bits per heavy atom. The number of benzene rings is 2. The largest absolute Gasteiger partial charge is 0.344 e. The molecule has 0 aliphatic carbocycles. The van der Waals surface area contributed by atoms with E-state index in [1.807, 2.05) is 42.6 Å². The zero-order valence-electron chi connectivity index (χ0n) is 15.1. The summed E-state index contributed by atoms with van der Waals surface area (Å²) in [6.07, 6.45) is 0. The van der Waals surface area contributed by atoms with E-state index in [-0.39, 0.29) is 23.5 Å². The number of imidazole rings is 1. The number of nitrogens with zero attached hydrogens (tertiary/aromatic N) is 1. The molecule has 0 saturated heterocycles. The van der Waals surface area contributed by atoms with Crippen molar-refractivity contribution in [1.29, 1.82) is 0 Å². The van der Waals surface area contributed by atoms with Gasteiger partial charge in [-0.25, -0.2) is 9.37 Å². The van der Waals surface area contributed by atoms with Crippen LogP contribution in [0.25, 0.3) is 11.0 Å². The zero-order chi connectivity index (χ0) is 19.5. The second-order valence-corrected chi connectivity index (χ2v) is 8.36. The van der Waals surface area contributed by atoms with Crippen molar-refractivity contribution < 1.29 is 9.18 Å². The van der Waals surface area contributed by atoms with Crippen molar-refractivity contribution >= 4 is 40.0 Å². The lowest BCUT2D eigenvalue weighted by atomic mass is 10.1. The second kappa shape index (κ2) is 8.16. The van der Waals surface area contributed by atoms with Crippen molar-refractivity contribution in [2.24, 2.45) is 0 Å². The fraction of sp³-hybridized carbons (Fsp3) is 0.143. The van der Waals surface area contributed by atoms with Crippen molar-refractivity contribution in [1.82, 2.24) is 15.3 Å². The molecule has 28 heavy (non-hydrogen) atoms. The molecule has 142 valence electrons. The summed E-state index contributed by atoms with van der Waals surface area (Å²) in [6.45, 7) is 2.03. The number of amides is 1. The number of halogens is 1. The minimum atomic E-state index is -0.299. The van der Waals surface area contributed by atoms with Crippen LogP contribution in [0, 0.1) is 12.7 Å². The van der Waals surface area contributed by atoms with Crippen LogP contribution in [0.2, 0.25) is 0 Å². The van der Waals surface area contributed by atoms with Crippen molar-refractivity contribution in [3.63, 3.8) is 0 Å². The first-order chi connectivity index (χ1) is 13.6. The maximum Gasteiger partial charge on any atom is 0.231 e. The molecule has 1 atom stereocenters. The predicted molar refractivity (Wildman–Crippen MR) is 112 cm³/mol. The number of aryl methyl sites for hydroxylation is 1. The quantitative estimate of drug-likeness (QED) is 0.436. The molecule has 0 radical (unpaired) electrons. The summed E-state index contributed by atoms with van der Waals surface area (Å²) in [5, 5.41) is 5.73. The van der Waals surface area contributed by atoms with Crippen molar-refractivity contribution in [3.8, 4) is 0 Å². The highest BCUT2D eigenvalue weighted by Crippen LogP contribution is 2.27. The number of hydrogen-bond donors (Lipinski definition) is 2. The molecule has 2 N–H and O–H groups in total. The topological polar surface area (TPSA) is 57.8 Å². The molecule has 2 aromatic heterocycles. The molecule has 1 amide bonds. The lowest BCUT2D eigenvalue weighted by Gasteiger charge is -2.18. The Labute approximate surface area is 170 Å². The second-order valence-electron chi connectivity index (χ2n) is 6.42. The van der Waals surface area contributed by atoms with E-state index < -0.39 is 0 Å². The van der Waals surface area contributed by atoms with Crippen LogP contribution >= 0.6 is 23.1 Å². The van der Waals surface area contributed by atoms with Crippen LogP contribution in [0.4, 0.5) is 4.39 Å². The van der Waals surface area contributed by atoms with Gasteiger partial charge in [0.1, 0.15) is 5.82 Å². The maximum absolute atomic E-state index is 13.3. The molecular weight excluding hydrogens is 393 g/mol. The van der Waals surface area contributed by atoms with Crippen molar-refractivity contribution in [2.45, 2.75) is 18.1 Å². The summed E-state index contributed by atoms with van der Waals surface area (Å²) in [4.78, 5) is 21.3. The summed E-state index contributed by atoms with van der Waals surface area (Å²) >= 11 is 2.92. The van der Waals surface area contributed by atoms with Crippen LogP contribution in [-0.2, 0) is 4.79 Å². The van der Waals surface area contributed by atoms with Gasteiger partial charge in [0.15, 0.2) is 5.16 Å². The Morgan fingerprint density at radius 2 is 2.07 bits per heavy atom. The Morgan fingerprint density at radius 3 is 2.82 bits per heavy atom.